The minimum absolute atomic E-state index is 0.0731. The Labute approximate surface area is 248 Å². The van der Waals surface area contributed by atoms with Gasteiger partial charge in [0.15, 0.2) is 0 Å². The maximum Gasteiger partial charge on any atom is 0.238 e. The van der Waals surface area contributed by atoms with Crippen LogP contribution in [0.4, 0.5) is 0 Å². The van der Waals surface area contributed by atoms with Gasteiger partial charge in [0.25, 0.3) is 0 Å². The molecule has 12 heteroatoms. The number of aromatic nitrogens is 2. The standard InChI is InChI=1S/C16H14N2O3S.C15H12N2O3S/c1-11-15(12-7-9-14(10-8-12)22(17,19)20)16(18-21-11)13-5-3-2-4-6-13;16-21(18,19)13-8-6-11(7-9-13)14-10-20-17-15(14)12-4-2-1-3-5-12/h2-10H,1H3,(H2,17,19,20);1-10H,(H2,16,18,19). The van der Waals surface area contributed by atoms with Crippen molar-refractivity contribution in [2.75, 3.05) is 0 Å². The summed E-state index contributed by atoms with van der Waals surface area (Å²) in [6.07, 6.45) is 1.54. The van der Waals surface area contributed by atoms with Crippen LogP contribution in [0.3, 0.4) is 0 Å². The molecular formula is C31H26N4O6S2. The summed E-state index contributed by atoms with van der Waals surface area (Å²) in [6.45, 7) is 1.82. The van der Waals surface area contributed by atoms with Gasteiger partial charge in [-0.25, -0.2) is 27.1 Å². The summed E-state index contributed by atoms with van der Waals surface area (Å²) in [4.78, 5) is 0.149. The van der Waals surface area contributed by atoms with Crippen LogP contribution in [0, 0.1) is 6.92 Å². The molecule has 6 aromatic rings. The first-order valence-corrected chi connectivity index (χ1v) is 15.9. The van der Waals surface area contributed by atoms with E-state index in [0.717, 1.165) is 39.1 Å². The molecule has 0 aliphatic rings. The van der Waals surface area contributed by atoms with E-state index in [2.05, 4.69) is 10.3 Å². The van der Waals surface area contributed by atoms with Gasteiger partial charge in [-0.2, -0.15) is 0 Å². The fourth-order valence-corrected chi connectivity index (χ4v) is 5.42. The highest BCUT2D eigenvalue weighted by molar-refractivity contribution is 7.89. The van der Waals surface area contributed by atoms with Gasteiger partial charge in [-0.3, -0.25) is 0 Å². The van der Waals surface area contributed by atoms with E-state index in [1.54, 1.807) is 24.3 Å². The molecule has 2 heterocycles. The van der Waals surface area contributed by atoms with Crippen LogP contribution in [0.1, 0.15) is 5.76 Å². The third-order valence-electron chi connectivity index (χ3n) is 6.49. The Balaban J connectivity index is 0.000000171. The molecule has 0 aliphatic carbocycles. The van der Waals surface area contributed by atoms with Crippen LogP contribution >= 0.6 is 0 Å². The zero-order chi connectivity index (χ0) is 30.6. The van der Waals surface area contributed by atoms with Crippen molar-refractivity contribution < 1.29 is 25.9 Å². The monoisotopic (exact) mass is 614 g/mol. The Hall–Kier alpha value is -4.88. The minimum Gasteiger partial charge on any atom is -0.363 e. The van der Waals surface area contributed by atoms with E-state index in [0.29, 0.717) is 11.5 Å². The zero-order valence-corrected chi connectivity index (χ0v) is 24.4. The largest absolute Gasteiger partial charge is 0.363 e. The smallest absolute Gasteiger partial charge is 0.238 e. The van der Waals surface area contributed by atoms with E-state index in [-0.39, 0.29) is 9.79 Å². The third-order valence-corrected chi connectivity index (χ3v) is 8.35. The van der Waals surface area contributed by atoms with Gasteiger partial charge in [0.1, 0.15) is 23.4 Å². The predicted octanol–water partition coefficient (Wildman–Crippen LogP) is 5.62. The first-order chi connectivity index (χ1) is 20.5. The second-order valence-corrected chi connectivity index (χ2v) is 12.5. The van der Waals surface area contributed by atoms with Crippen molar-refractivity contribution in [3.63, 3.8) is 0 Å². The summed E-state index contributed by atoms with van der Waals surface area (Å²) in [5, 5.41) is 18.3. The number of primary sulfonamides is 2. The van der Waals surface area contributed by atoms with Gasteiger partial charge in [-0.15, -0.1) is 0 Å². The van der Waals surface area contributed by atoms with Gasteiger partial charge >= 0.3 is 0 Å². The van der Waals surface area contributed by atoms with Crippen molar-refractivity contribution in [2.24, 2.45) is 10.3 Å². The minimum atomic E-state index is -3.70. The van der Waals surface area contributed by atoms with E-state index < -0.39 is 20.0 Å². The average Bonchev–Trinajstić information content (AvgIpc) is 3.65. The quantitative estimate of drug-likeness (QED) is 0.243. The molecule has 0 radical (unpaired) electrons. The van der Waals surface area contributed by atoms with E-state index in [1.807, 2.05) is 67.6 Å². The lowest BCUT2D eigenvalue weighted by atomic mass is 10.00. The molecule has 0 aliphatic heterocycles. The van der Waals surface area contributed by atoms with Gasteiger partial charge in [0, 0.05) is 16.7 Å². The van der Waals surface area contributed by atoms with E-state index in [1.165, 1.54) is 30.5 Å². The topological polar surface area (TPSA) is 172 Å². The van der Waals surface area contributed by atoms with Crippen LogP contribution in [-0.4, -0.2) is 27.1 Å². The molecule has 0 amide bonds. The van der Waals surface area contributed by atoms with E-state index in [9.17, 15) is 16.8 Å². The molecule has 0 atom stereocenters. The second kappa shape index (κ2) is 12.2. The van der Waals surface area contributed by atoms with Gasteiger partial charge in [0.2, 0.25) is 20.0 Å². The van der Waals surface area contributed by atoms with Crippen LogP contribution in [0.2, 0.25) is 0 Å². The second-order valence-electron chi connectivity index (χ2n) is 9.41. The number of nitrogens with two attached hydrogens (primary N) is 2. The molecule has 4 N–H and O–H groups in total. The van der Waals surface area contributed by atoms with Crippen molar-refractivity contribution in [1.82, 2.24) is 10.3 Å². The lowest BCUT2D eigenvalue weighted by molar-refractivity contribution is 0.400. The Morgan fingerprint density at radius 3 is 1.51 bits per heavy atom. The number of rotatable bonds is 6. The lowest BCUT2D eigenvalue weighted by Gasteiger charge is -2.04. The molecule has 10 nitrogen and oxygen atoms in total. The first-order valence-electron chi connectivity index (χ1n) is 12.8. The average molecular weight is 615 g/mol. The van der Waals surface area contributed by atoms with Gasteiger partial charge in [0.05, 0.1) is 15.4 Å². The number of benzene rings is 4. The Morgan fingerprint density at radius 2 is 1.02 bits per heavy atom. The highest BCUT2D eigenvalue weighted by Crippen LogP contribution is 2.34. The molecule has 0 bridgehead atoms. The maximum absolute atomic E-state index is 11.3. The maximum atomic E-state index is 11.3. The van der Waals surface area contributed by atoms with Gasteiger partial charge in [-0.1, -0.05) is 95.2 Å². The number of aryl methyl sites for hydroxylation is 1. The molecule has 2 aromatic heterocycles. The van der Waals surface area contributed by atoms with Crippen molar-refractivity contribution >= 4 is 20.0 Å². The summed E-state index contributed by atoms with van der Waals surface area (Å²) in [7, 11) is -7.39. The highest BCUT2D eigenvalue weighted by Gasteiger charge is 2.17. The van der Waals surface area contributed by atoms with Crippen molar-refractivity contribution in [2.45, 2.75) is 16.7 Å². The number of sulfonamides is 2. The molecule has 0 fully saturated rings. The molecule has 6 rings (SSSR count). The first kappa shape index (κ1) is 29.6. The molecule has 218 valence electrons. The lowest BCUT2D eigenvalue weighted by Crippen LogP contribution is -2.11. The molecule has 0 saturated carbocycles. The molecular weight excluding hydrogens is 588 g/mol. The Morgan fingerprint density at radius 1 is 0.558 bits per heavy atom. The van der Waals surface area contributed by atoms with Crippen LogP contribution in [0.25, 0.3) is 44.8 Å². The van der Waals surface area contributed by atoms with E-state index in [4.69, 9.17) is 19.3 Å². The number of nitrogens with zero attached hydrogens (tertiary/aromatic N) is 2. The molecule has 0 unspecified atom stereocenters. The fourth-order valence-electron chi connectivity index (χ4n) is 4.39. The molecule has 43 heavy (non-hydrogen) atoms. The Bertz CT molecular complexity index is 2060. The van der Waals surface area contributed by atoms with Crippen LogP contribution in [-0.2, 0) is 20.0 Å². The number of hydrogen-bond donors (Lipinski definition) is 2. The summed E-state index contributed by atoms with van der Waals surface area (Å²) in [5.74, 6) is 0.669. The van der Waals surface area contributed by atoms with Crippen molar-refractivity contribution in [1.29, 1.82) is 0 Å². The fraction of sp³-hybridized carbons (Fsp3) is 0.0323. The number of hydrogen-bond acceptors (Lipinski definition) is 8. The Kier molecular flexibility index (Phi) is 8.37. The van der Waals surface area contributed by atoms with E-state index >= 15 is 0 Å². The van der Waals surface area contributed by atoms with Crippen LogP contribution in [0.15, 0.2) is 134 Å². The summed E-state index contributed by atoms with van der Waals surface area (Å²) < 4.78 is 55.6. The SMILES string of the molecule is Cc1onc(-c2ccccc2)c1-c1ccc(S(N)(=O)=O)cc1.NS(=O)(=O)c1ccc(-c2conc2-c2ccccc2)cc1. The molecule has 0 spiro atoms. The summed E-state index contributed by atoms with van der Waals surface area (Å²) in [6, 6.07) is 31.9. The van der Waals surface area contributed by atoms with Gasteiger partial charge in [-0.05, 0) is 42.3 Å². The highest BCUT2D eigenvalue weighted by atomic mass is 32.2. The predicted molar refractivity (Wildman–Crippen MR) is 162 cm³/mol. The summed E-state index contributed by atoms with van der Waals surface area (Å²) >= 11 is 0. The normalized spacial score (nSPS) is 11.5. The zero-order valence-electron chi connectivity index (χ0n) is 22.8. The van der Waals surface area contributed by atoms with Gasteiger partial charge < -0.3 is 9.05 Å². The van der Waals surface area contributed by atoms with Crippen LogP contribution in [0.5, 0.6) is 0 Å². The van der Waals surface area contributed by atoms with Crippen LogP contribution < -0.4 is 10.3 Å². The molecule has 4 aromatic carbocycles. The third kappa shape index (κ3) is 6.79. The molecule has 0 saturated heterocycles. The van der Waals surface area contributed by atoms with Crippen molar-refractivity contribution in [3.05, 3.63) is 121 Å². The van der Waals surface area contributed by atoms with Crippen molar-refractivity contribution in [3.8, 4) is 44.8 Å². The summed E-state index contributed by atoms with van der Waals surface area (Å²) in [5.41, 5.74) is 6.56.